The van der Waals surface area contributed by atoms with Gasteiger partial charge in [-0.1, -0.05) is 23.7 Å². The molecule has 2 aromatic rings. The Morgan fingerprint density at radius 3 is 2.52 bits per heavy atom. The first-order chi connectivity index (χ1) is 18.8. The van der Waals surface area contributed by atoms with Crippen molar-refractivity contribution in [3.63, 3.8) is 0 Å². The van der Waals surface area contributed by atoms with E-state index in [0.717, 1.165) is 52.0 Å². The van der Waals surface area contributed by atoms with E-state index in [0.29, 0.717) is 28.4 Å². The lowest BCUT2D eigenvalue weighted by molar-refractivity contribution is 0.0172. The van der Waals surface area contributed by atoms with E-state index in [2.05, 4.69) is 25.5 Å². The predicted octanol–water partition coefficient (Wildman–Crippen LogP) is 5.19. The SMILES string of the molecule is CC(C)S(=O)(=O)c1ccccc1Nc1nc(NC2CCN(CC3CCN(C(=O)OC(C)(C)C)CC3)C2)ncc1Cl. The van der Waals surface area contributed by atoms with Crippen molar-refractivity contribution in [2.24, 2.45) is 5.92 Å². The molecule has 220 valence electrons. The number of aromatic nitrogens is 2. The number of piperidine rings is 1. The van der Waals surface area contributed by atoms with Gasteiger partial charge in [-0.2, -0.15) is 4.98 Å². The smallest absolute Gasteiger partial charge is 0.410 e. The molecule has 1 aromatic heterocycles. The fourth-order valence-electron chi connectivity index (χ4n) is 5.01. The molecule has 0 saturated carbocycles. The van der Waals surface area contributed by atoms with E-state index in [4.69, 9.17) is 16.3 Å². The summed E-state index contributed by atoms with van der Waals surface area (Å²) in [7, 11) is -3.50. The van der Waals surface area contributed by atoms with Crippen LogP contribution in [0.15, 0.2) is 35.4 Å². The molecule has 2 aliphatic heterocycles. The van der Waals surface area contributed by atoms with Gasteiger partial charge in [-0.15, -0.1) is 0 Å². The number of hydrogen-bond acceptors (Lipinski definition) is 9. The highest BCUT2D eigenvalue weighted by Crippen LogP contribution is 2.30. The molecule has 1 unspecified atom stereocenters. The topological polar surface area (TPSA) is 117 Å². The summed E-state index contributed by atoms with van der Waals surface area (Å²) in [6.07, 6.45) is 4.19. The minimum Gasteiger partial charge on any atom is -0.444 e. The van der Waals surface area contributed by atoms with E-state index < -0.39 is 20.7 Å². The molecular formula is C28H41ClN6O4S. The normalized spacial score (nSPS) is 19.2. The maximum Gasteiger partial charge on any atom is 0.410 e. The predicted molar refractivity (Wildman–Crippen MR) is 158 cm³/mol. The van der Waals surface area contributed by atoms with Crippen molar-refractivity contribution in [3.8, 4) is 0 Å². The molecule has 1 aromatic carbocycles. The van der Waals surface area contributed by atoms with E-state index in [1.807, 2.05) is 25.7 Å². The highest BCUT2D eigenvalue weighted by molar-refractivity contribution is 7.92. The number of carbonyl (C=O) groups is 1. The van der Waals surface area contributed by atoms with Gasteiger partial charge in [0, 0.05) is 38.8 Å². The lowest BCUT2D eigenvalue weighted by Crippen LogP contribution is -2.43. The monoisotopic (exact) mass is 592 g/mol. The van der Waals surface area contributed by atoms with Crippen molar-refractivity contribution in [1.29, 1.82) is 0 Å². The van der Waals surface area contributed by atoms with E-state index in [1.165, 1.54) is 6.20 Å². The van der Waals surface area contributed by atoms with Crippen LogP contribution in [0, 0.1) is 5.92 Å². The molecule has 2 aliphatic rings. The van der Waals surface area contributed by atoms with Crippen molar-refractivity contribution in [1.82, 2.24) is 19.8 Å². The highest BCUT2D eigenvalue weighted by Gasteiger charge is 2.30. The largest absolute Gasteiger partial charge is 0.444 e. The van der Waals surface area contributed by atoms with Gasteiger partial charge in [0.1, 0.15) is 10.6 Å². The zero-order valence-corrected chi connectivity index (χ0v) is 25.6. The Morgan fingerprint density at radius 2 is 1.85 bits per heavy atom. The maximum atomic E-state index is 12.8. The Morgan fingerprint density at radius 1 is 1.15 bits per heavy atom. The van der Waals surface area contributed by atoms with Crippen LogP contribution in [0.5, 0.6) is 0 Å². The number of benzene rings is 1. The van der Waals surface area contributed by atoms with Gasteiger partial charge < -0.3 is 25.2 Å². The Hall–Kier alpha value is -2.63. The molecular weight excluding hydrogens is 552 g/mol. The first-order valence-corrected chi connectivity index (χ1v) is 15.8. The fraction of sp³-hybridized carbons (Fsp3) is 0.607. The molecule has 12 heteroatoms. The molecule has 10 nitrogen and oxygen atoms in total. The molecule has 0 spiro atoms. The zero-order chi connectivity index (χ0) is 29.1. The van der Waals surface area contributed by atoms with E-state index in [1.54, 1.807) is 38.1 Å². The van der Waals surface area contributed by atoms with Gasteiger partial charge in [0.05, 0.1) is 22.0 Å². The summed E-state index contributed by atoms with van der Waals surface area (Å²) in [5.41, 5.74) is -0.0535. The van der Waals surface area contributed by atoms with Gasteiger partial charge in [-0.3, -0.25) is 0 Å². The van der Waals surface area contributed by atoms with Gasteiger partial charge in [0.15, 0.2) is 15.7 Å². The summed E-state index contributed by atoms with van der Waals surface area (Å²) in [6, 6.07) is 6.94. The van der Waals surface area contributed by atoms with Crippen LogP contribution < -0.4 is 10.6 Å². The molecule has 0 bridgehead atoms. The molecule has 40 heavy (non-hydrogen) atoms. The molecule has 2 saturated heterocycles. The number of nitrogens with zero attached hydrogens (tertiary/aromatic N) is 4. The van der Waals surface area contributed by atoms with Gasteiger partial charge in [0.25, 0.3) is 0 Å². The third-order valence-electron chi connectivity index (χ3n) is 7.20. The fourth-order valence-corrected chi connectivity index (χ4v) is 6.35. The number of para-hydroxylation sites is 1. The number of halogens is 1. The van der Waals surface area contributed by atoms with Gasteiger partial charge >= 0.3 is 6.09 Å². The Labute approximate surface area is 242 Å². The summed E-state index contributed by atoms with van der Waals surface area (Å²) in [5.74, 6) is 1.33. The Balaban J connectivity index is 1.31. The second kappa shape index (κ2) is 12.5. The van der Waals surface area contributed by atoms with Crippen LogP contribution in [0.3, 0.4) is 0 Å². The molecule has 4 rings (SSSR count). The number of anilines is 3. The quantitative estimate of drug-likeness (QED) is 0.427. The van der Waals surface area contributed by atoms with Crippen LogP contribution in [0.2, 0.25) is 5.02 Å². The van der Waals surface area contributed by atoms with Crippen LogP contribution in [-0.2, 0) is 14.6 Å². The second-order valence-electron chi connectivity index (χ2n) is 11.9. The lowest BCUT2D eigenvalue weighted by atomic mass is 9.96. The number of nitrogens with one attached hydrogen (secondary N) is 2. The molecule has 0 aliphatic carbocycles. The highest BCUT2D eigenvalue weighted by atomic mass is 35.5. The number of amides is 1. The van der Waals surface area contributed by atoms with Gasteiger partial charge in [-0.05, 0) is 71.9 Å². The van der Waals surface area contributed by atoms with E-state index in [-0.39, 0.29) is 17.0 Å². The van der Waals surface area contributed by atoms with E-state index in [9.17, 15) is 13.2 Å². The molecule has 2 fully saturated rings. The van der Waals surface area contributed by atoms with Crippen molar-refractivity contribution < 1.29 is 17.9 Å². The Bertz CT molecular complexity index is 1290. The third kappa shape index (κ3) is 7.76. The van der Waals surface area contributed by atoms with Crippen molar-refractivity contribution >= 4 is 45.0 Å². The summed E-state index contributed by atoms with van der Waals surface area (Å²) in [5, 5.41) is 6.26. The first kappa shape index (κ1) is 30.3. The van der Waals surface area contributed by atoms with Crippen molar-refractivity contribution in [3.05, 3.63) is 35.5 Å². The summed E-state index contributed by atoms with van der Waals surface area (Å²) in [4.78, 5) is 25.7. The van der Waals surface area contributed by atoms with Gasteiger partial charge in [0.2, 0.25) is 5.95 Å². The molecule has 2 N–H and O–H groups in total. The number of rotatable bonds is 8. The van der Waals surface area contributed by atoms with Crippen LogP contribution in [0.4, 0.5) is 22.2 Å². The van der Waals surface area contributed by atoms with Crippen molar-refractivity contribution in [2.75, 3.05) is 43.4 Å². The summed E-state index contributed by atoms with van der Waals surface area (Å²) >= 11 is 6.38. The molecule has 3 heterocycles. The van der Waals surface area contributed by atoms with Crippen LogP contribution in [-0.4, -0.2) is 83.9 Å². The number of likely N-dealkylation sites (tertiary alicyclic amines) is 2. The standard InChI is InChI=1S/C28H41ClN6O4S/c1-19(2)40(37,38)24-9-7-6-8-23(24)32-25-22(29)16-30-26(33-25)31-21-12-13-34(18-21)17-20-10-14-35(15-11-20)27(36)39-28(3,4)5/h6-9,16,19-21H,10-15,17-18H2,1-5H3,(H2,30,31,32,33). The zero-order valence-electron chi connectivity index (χ0n) is 24.0. The average molecular weight is 593 g/mol. The minimum absolute atomic E-state index is 0.185. The number of ether oxygens (including phenoxy) is 1. The van der Waals surface area contributed by atoms with Crippen LogP contribution in [0.25, 0.3) is 0 Å². The Kier molecular flexibility index (Phi) is 9.47. The summed E-state index contributed by atoms with van der Waals surface area (Å²) in [6.45, 7) is 13.3. The summed E-state index contributed by atoms with van der Waals surface area (Å²) < 4.78 is 31.2. The third-order valence-corrected chi connectivity index (χ3v) is 9.69. The van der Waals surface area contributed by atoms with Crippen LogP contribution in [0.1, 0.15) is 53.9 Å². The maximum absolute atomic E-state index is 12.8. The lowest BCUT2D eigenvalue weighted by Gasteiger charge is -2.34. The molecule has 0 radical (unpaired) electrons. The minimum atomic E-state index is -3.50. The second-order valence-corrected chi connectivity index (χ2v) is 14.8. The first-order valence-electron chi connectivity index (χ1n) is 13.9. The van der Waals surface area contributed by atoms with Gasteiger partial charge in [-0.25, -0.2) is 18.2 Å². The van der Waals surface area contributed by atoms with E-state index >= 15 is 0 Å². The van der Waals surface area contributed by atoms with Crippen molar-refractivity contribution in [2.45, 2.75) is 75.7 Å². The average Bonchev–Trinajstić information content (AvgIpc) is 3.32. The molecule has 1 atom stereocenters. The number of carbonyl (C=O) groups excluding carboxylic acids is 1. The molecule has 1 amide bonds. The number of hydrogen-bond donors (Lipinski definition) is 2. The van der Waals surface area contributed by atoms with Crippen LogP contribution >= 0.6 is 11.6 Å². The number of sulfone groups is 1.